The zero-order valence-electron chi connectivity index (χ0n) is 10.2. The van der Waals surface area contributed by atoms with Crippen LogP contribution in [0.25, 0.3) is 0 Å². The summed E-state index contributed by atoms with van der Waals surface area (Å²) in [7, 11) is 0. The summed E-state index contributed by atoms with van der Waals surface area (Å²) in [6.45, 7) is 1.62. The summed E-state index contributed by atoms with van der Waals surface area (Å²) in [6, 6.07) is 7.39. The fourth-order valence-electron chi connectivity index (χ4n) is 1.64. The standard InChI is InChI=1S/C13H8Cl3NO3/c1-7-4-9(2-3-12(7)17(18)19)20-13-10(15)5-8(14)6-11(13)16/h2-6H,1H3. The van der Waals surface area contributed by atoms with Gasteiger partial charge in [0.15, 0.2) is 5.75 Å². The minimum Gasteiger partial charge on any atom is -0.454 e. The molecule has 2 aromatic carbocycles. The number of halogens is 3. The van der Waals surface area contributed by atoms with Gasteiger partial charge in [-0.05, 0) is 31.2 Å². The summed E-state index contributed by atoms with van der Waals surface area (Å²) >= 11 is 17.8. The highest BCUT2D eigenvalue weighted by Gasteiger charge is 2.14. The van der Waals surface area contributed by atoms with E-state index in [1.165, 1.54) is 24.3 Å². The predicted octanol–water partition coefficient (Wildman–Crippen LogP) is 5.66. The van der Waals surface area contributed by atoms with Gasteiger partial charge in [0.1, 0.15) is 5.75 Å². The Morgan fingerprint density at radius 3 is 2.20 bits per heavy atom. The third-order valence-corrected chi connectivity index (χ3v) is 3.33. The van der Waals surface area contributed by atoms with Crippen LogP contribution in [0.5, 0.6) is 11.5 Å². The summed E-state index contributed by atoms with van der Waals surface area (Å²) in [6.07, 6.45) is 0. The quantitative estimate of drug-likeness (QED) is 0.538. The van der Waals surface area contributed by atoms with Crippen LogP contribution < -0.4 is 4.74 Å². The van der Waals surface area contributed by atoms with E-state index >= 15 is 0 Å². The molecule has 0 aliphatic rings. The van der Waals surface area contributed by atoms with Crippen LogP contribution in [-0.2, 0) is 0 Å². The molecule has 20 heavy (non-hydrogen) atoms. The van der Waals surface area contributed by atoms with Crippen LogP contribution >= 0.6 is 34.8 Å². The highest BCUT2D eigenvalue weighted by molar-refractivity contribution is 6.40. The van der Waals surface area contributed by atoms with E-state index in [1.807, 2.05) is 0 Å². The molecule has 7 heteroatoms. The van der Waals surface area contributed by atoms with Crippen LogP contribution in [0.15, 0.2) is 30.3 Å². The summed E-state index contributed by atoms with van der Waals surface area (Å²) < 4.78 is 5.57. The topological polar surface area (TPSA) is 52.4 Å². The van der Waals surface area contributed by atoms with E-state index in [0.717, 1.165) is 0 Å². The van der Waals surface area contributed by atoms with Crippen molar-refractivity contribution in [3.8, 4) is 11.5 Å². The van der Waals surface area contributed by atoms with Crippen molar-refractivity contribution >= 4 is 40.5 Å². The van der Waals surface area contributed by atoms with E-state index in [9.17, 15) is 10.1 Å². The number of hydrogen-bond acceptors (Lipinski definition) is 3. The zero-order valence-corrected chi connectivity index (χ0v) is 12.5. The summed E-state index contributed by atoms with van der Waals surface area (Å²) in [5.74, 6) is 0.658. The Morgan fingerprint density at radius 1 is 1.10 bits per heavy atom. The second kappa shape index (κ2) is 5.87. The Bertz CT molecular complexity index is 666. The van der Waals surface area contributed by atoms with Gasteiger partial charge in [-0.3, -0.25) is 10.1 Å². The molecule has 2 rings (SSSR count). The average molecular weight is 333 g/mol. The lowest BCUT2D eigenvalue weighted by molar-refractivity contribution is -0.385. The van der Waals surface area contributed by atoms with Crippen molar-refractivity contribution in [2.45, 2.75) is 6.92 Å². The number of nitro benzene ring substituents is 1. The molecule has 0 heterocycles. The summed E-state index contributed by atoms with van der Waals surface area (Å²) in [5.41, 5.74) is 0.499. The second-order valence-corrected chi connectivity index (χ2v) is 5.26. The molecule has 4 nitrogen and oxygen atoms in total. The van der Waals surface area contributed by atoms with Crippen LogP contribution in [-0.4, -0.2) is 4.92 Å². The Kier molecular flexibility index (Phi) is 4.38. The Morgan fingerprint density at radius 2 is 1.70 bits per heavy atom. The van der Waals surface area contributed by atoms with Crippen molar-refractivity contribution in [1.82, 2.24) is 0 Å². The van der Waals surface area contributed by atoms with E-state index in [4.69, 9.17) is 39.5 Å². The maximum Gasteiger partial charge on any atom is 0.272 e. The average Bonchev–Trinajstić information content (AvgIpc) is 2.33. The molecule has 0 aliphatic carbocycles. The molecule has 0 saturated heterocycles. The first-order chi connectivity index (χ1) is 9.38. The molecule has 0 aliphatic heterocycles. The van der Waals surface area contributed by atoms with E-state index in [0.29, 0.717) is 16.3 Å². The minimum atomic E-state index is -0.457. The molecule has 0 radical (unpaired) electrons. The van der Waals surface area contributed by atoms with E-state index in [-0.39, 0.29) is 21.5 Å². The predicted molar refractivity (Wildman–Crippen MR) is 79.4 cm³/mol. The molecular formula is C13H8Cl3NO3. The van der Waals surface area contributed by atoms with Gasteiger partial charge in [0, 0.05) is 16.7 Å². The number of benzene rings is 2. The first-order valence-corrected chi connectivity index (χ1v) is 6.59. The van der Waals surface area contributed by atoms with Gasteiger partial charge in [0.25, 0.3) is 5.69 Å². The second-order valence-electron chi connectivity index (χ2n) is 4.01. The van der Waals surface area contributed by atoms with Gasteiger partial charge in [-0.2, -0.15) is 0 Å². The zero-order chi connectivity index (χ0) is 14.9. The molecule has 0 N–H and O–H groups in total. The van der Waals surface area contributed by atoms with Crippen molar-refractivity contribution < 1.29 is 9.66 Å². The third-order valence-electron chi connectivity index (χ3n) is 2.55. The van der Waals surface area contributed by atoms with Crippen molar-refractivity contribution in [3.05, 3.63) is 61.1 Å². The molecule has 0 bridgehead atoms. The first-order valence-electron chi connectivity index (χ1n) is 5.46. The van der Waals surface area contributed by atoms with E-state index in [2.05, 4.69) is 0 Å². The first kappa shape index (κ1) is 14.9. The highest BCUT2D eigenvalue weighted by Crippen LogP contribution is 2.39. The molecule has 0 atom stereocenters. The van der Waals surface area contributed by atoms with Gasteiger partial charge in [-0.25, -0.2) is 0 Å². The number of nitrogens with zero attached hydrogens (tertiary/aromatic N) is 1. The number of rotatable bonds is 3. The lowest BCUT2D eigenvalue weighted by Gasteiger charge is -2.10. The Hall–Kier alpha value is -1.49. The normalized spacial score (nSPS) is 10.4. The van der Waals surface area contributed by atoms with Crippen LogP contribution in [0.3, 0.4) is 0 Å². The largest absolute Gasteiger partial charge is 0.454 e. The van der Waals surface area contributed by atoms with Gasteiger partial charge in [0.05, 0.1) is 15.0 Å². The molecule has 0 saturated carbocycles. The fraction of sp³-hybridized carbons (Fsp3) is 0.0769. The molecule has 0 aromatic heterocycles. The number of ether oxygens (including phenoxy) is 1. The molecule has 0 unspecified atom stereocenters. The van der Waals surface area contributed by atoms with Gasteiger partial charge in [-0.1, -0.05) is 34.8 Å². The van der Waals surface area contributed by atoms with Crippen molar-refractivity contribution in [1.29, 1.82) is 0 Å². The van der Waals surface area contributed by atoms with Crippen molar-refractivity contribution in [2.75, 3.05) is 0 Å². The molecule has 2 aromatic rings. The summed E-state index contributed by atoms with van der Waals surface area (Å²) in [5, 5.41) is 11.7. The van der Waals surface area contributed by atoms with Crippen LogP contribution in [0, 0.1) is 17.0 Å². The Labute approximate surface area is 130 Å². The minimum absolute atomic E-state index is 0.0191. The third kappa shape index (κ3) is 3.15. The van der Waals surface area contributed by atoms with E-state index < -0.39 is 4.92 Å². The molecular weight excluding hydrogens is 325 g/mol. The lowest BCUT2D eigenvalue weighted by atomic mass is 10.2. The molecule has 0 amide bonds. The van der Waals surface area contributed by atoms with E-state index in [1.54, 1.807) is 13.0 Å². The molecule has 0 fully saturated rings. The van der Waals surface area contributed by atoms with Gasteiger partial charge in [-0.15, -0.1) is 0 Å². The van der Waals surface area contributed by atoms with Crippen LogP contribution in [0.2, 0.25) is 15.1 Å². The number of nitro groups is 1. The smallest absolute Gasteiger partial charge is 0.272 e. The SMILES string of the molecule is Cc1cc(Oc2c(Cl)cc(Cl)cc2Cl)ccc1[N+](=O)[O-]. The van der Waals surface area contributed by atoms with Crippen LogP contribution in [0.4, 0.5) is 5.69 Å². The maximum atomic E-state index is 10.7. The van der Waals surface area contributed by atoms with Gasteiger partial charge in [0.2, 0.25) is 0 Å². The van der Waals surface area contributed by atoms with Crippen molar-refractivity contribution in [2.24, 2.45) is 0 Å². The monoisotopic (exact) mass is 331 g/mol. The Balaban J connectivity index is 2.36. The number of hydrogen-bond donors (Lipinski definition) is 0. The molecule has 0 spiro atoms. The highest BCUT2D eigenvalue weighted by atomic mass is 35.5. The van der Waals surface area contributed by atoms with Gasteiger partial charge >= 0.3 is 0 Å². The summed E-state index contributed by atoms with van der Waals surface area (Å²) in [4.78, 5) is 10.3. The number of aryl methyl sites for hydroxylation is 1. The molecule has 104 valence electrons. The fourth-order valence-corrected chi connectivity index (χ4v) is 2.53. The van der Waals surface area contributed by atoms with Crippen molar-refractivity contribution in [3.63, 3.8) is 0 Å². The lowest BCUT2D eigenvalue weighted by Crippen LogP contribution is -1.93. The van der Waals surface area contributed by atoms with Crippen LogP contribution in [0.1, 0.15) is 5.56 Å². The van der Waals surface area contributed by atoms with Gasteiger partial charge < -0.3 is 4.74 Å². The maximum absolute atomic E-state index is 10.7.